The number of amides is 1. The second-order valence-corrected chi connectivity index (χ2v) is 7.63. The van der Waals surface area contributed by atoms with Crippen molar-refractivity contribution in [1.82, 2.24) is 9.73 Å². The molecule has 0 heterocycles. The lowest BCUT2D eigenvalue weighted by Gasteiger charge is -2.18. The molecule has 0 radical (unpaired) electrons. The number of hydrogen-bond donors (Lipinski definition) is 1. The van der Waals surface area contributed by atoms with Gasteiger partial charge in [-0.15, -0.1) is 0 Å². The van der Waals surface area contributed by atoms with Crippen molar-refractivity contribution in [3.8, 4) is 0 Å². The minimum Gasteiger partial charge on any atom is -0.545 e. The van der Waals surface area contributed by atoms with Crippen molar-refractivity contribution in [2.75, 3.05) is 13.1 Å². The van der Waals surface area contributed by atoms with Crippen LogP contribution >= 0.6 is 0 Å². The molecule has 0 spiro atoms. The standard InChI is InChI=1S/C19H21N3O5S/c1-3-22(4-2)28(26,27)16-10-7-9-14(12-16)18(23)21-20-13-15-8-5-6-11-17(15)19(24)25/h5-13H,3-4H2,1-2H3,(H,21,23)(H,24,25)/p-1/b20-13-. The molecule has 0 saturated heterocycles. The van der Waals surface area contributed by atoms with E-state index in [0.717, 1.165) is 0 Å². The molecule has 2 rings (SSSR count). The topological polar surface area (TPSA) is 119 Å². The number of carboxylic acid groups (broad SMARTS) is 1. The van der Waals surface area contributed by atoms with E-state index >= 15 is 0 Å². The normalized spacial score (nSPS) is 11.7. The summed E-state index contributed by atoms with van der Waals surface area (Å²) in [6.45, 7) is 4.10. The van der Waals surface area contributed by atoms with Crippen molar-refractivity contribution in [2.45, 2.75) is 18.7 Å². The zero-order chi connectivity index (χ0) is 20.7. The second kappa shape index (κ2) is 9.25. The number of nitrogens with zero attached hydrogens (tertiary/aromatic N) is 2. The molecule has 0 aliphatic rings. The number of benzene rings is 2. The van der Waals surface area contributed by atoms with E-state index in [4.69, 9.17) is 0 Å². The van der Waals surface area contributed by atoms with Crippen LogP contribution in [0.4, 0.5) is 0 Å². The molecule has 0 saturated carbocycles. The van der Waals surface area contributed by atoms with E-state index in [0.29, 0.717) is 13.1 Å². The third kappa shape index (κ3) is 4.81. The van der Waals surface area contributed by atoms with Gasteiger partial charge in [-0.25, -0.2) is 13.8 Å². The van der Waals surface area contributed by atoms with Crippen LogP contribution in [0.1, 0.15) is 40.1 Å². The van der Waals surface area contributed by atoms with Crippen LogP contribution in [0.3, 0.4) is 0 Å². The van der Waals surface area contributed by atoms with Crippen molar-refractivity contribution in [2.24, 2.45) is 5.10 Å². The first-order valence-electron chi connectivity index (χ1n) is 8.55. The van der Waals surface area contributed by atoms with E-state index in [2.05, 4.69) is 10.5 Å². The van der Waals surface area contributed by atoms with Crippen LogP contribution in [0.5, 0.6) is 0 Å². The number of carbonyl (C=O) groups is 2. The lowest BCUT2D eigenvalue weighted by molar-refractivity contribution is -0.255. The van der Waals surface area contributed by atoms with Gasteiger partial charge in [0, 0.05) is 29.8 Å². The molecule has 9 heteroatoms. The van der Waals surface area contributed by atoms with Gasteiger partial charge < -0.3 is 9.90 Å². The number of carbonyl (C=O) groups excluding carboxylic acids is 2. The maximum atomic E-state index is 12.6. The van der Waals surface area contributed by atoms with Crippen LogP contribution in [0.2, 0.25) is 0 Å². The van der Waals surface area contributed by atoms with E-state index in [9.17, 15) is 23.1 Å². The molecule has 28 heavy (non-hydrogen) atoms. The highest BCUT2D eigenvalue weighted by molar-refractivity contribution is 7.89. The highest BCUT2D eigenvalue weighted by Crippen LogP contribution is 2.17. The highest BCUT2D eigenvalue weighted by atomic mass is 32.2. The van der Waals surface area contributed by atoms with E-state index in [1.807, 2.05) is 0 Å². The van der Waals surface area contributed by atoms with Gasteiger partial charge in [0.05, 0.1) is 17.1 Å². The fraction of sp³-hybridized carbons (Fsp3) is 0.211. The first-order valence-corrected chi connectivity index (χ1v) is 9.99. The summed E-state index contributed by atoms with van der Waals surface area (Å²) in [5, 5.41) is 14.8. The molecule has 1 amide bonds. The van der Waals surface area contributed by atoms with Gasteiger partial charge in [-0.05, 0) is 18.2 Å². The van der Waals surface area contributed by atoms with Gasteiger partial charge in [-0.2, -0.15) is 9.41 Å². The minimum atomic E-state index is -3.69. The van der Waals surface area contributed by atoms with Crippen molar-refractivity contribution >= 4 is 28.1 Å². The van der Waals surface area contributed by atoms with Gasteiger partial charge in [0.15, 0.2) is 0 Å². The Kier molecular flexibility index (Phi) is 7.02. The molecule has 148 valence electrons. The Morgan fingerprint density at radius 3 is 2.43 bits per heavy atom. The Morgan fingerprint density at radius 1 is 1.11 bits per heavy atom. The molecule has 0 aliphatic carbocycles. The Morgan fingerprint density at radius 2 is 1.79 bits per heavy atom. The minimum absolute atomic E-state index is 0.00938. The predicted molar refractivity (Wildman–Crippen MR) is 102 cm³/mol. The first-order chi connectivity index (χ1) is 13.3. The van der Waals surface area contributed by atoms with Gasteiger partial charge in [-0.1, -0.05) is 44.2 Å². The lowest BCUT2D eigenvalue weighted by Crippen LogP contribution is -2.30. The fourth-order valence-corrected chi connectivity index (χ4v) is 4.04. The summed E-state index contributed by atoms with van der Waals surface area (Å²) in [6, 6.07) is 11.7. The number of rotatable bonds is 8. The smallest absolute Gasteiger partial charge is 0.271 e. The number of nitrogens with one attached hydrogen (secondary N) is 1. The summed E-state index contributed by atoms with van der Waals surface area (Å²) < 4.78 is 26.4. The van der Waals surface area contributed by atoms with E-state index in [-0.39, 0.29) is 21.6 Å². The zero-order valence-electron chi connectivity index (χ0n) is 15.5. The summed E-state index contributed by atoms with van der Waals surface area (Å²) in [5.41, 5.74) is 2.57. The molecule has 0 bridgehead atoms. The second-order valence-electron chi connectivity index (χ2n) is 5.69. The molecule has 0 unspecified atom stereocenters. The van der Waals surface area contributed by atoms with Gasteiger partial charge in [-0.3, -0.25) is 4.79 Å². The lowest BCUT2D eigenvalue weighted by atomic mass is 10.1. The Labute approximate surface area is 163 Å². The number of hydrazone groups is 1. The van der Waals surface area contributed by atoms with Crippen LogP contribution < -0.4 is 10.5 Å². The van der Waals surface area contributed by atoms with E-state index < -0.39 is 21.9 Å². The van der Waals surface area contributed by atoms with Gasteiger partial charge in [0.25, 0.3) is 5.91 Å². The number of carboxylic acids is 1. The maximum Gasteiger partial charge on any atom is 0.271 e. The molecular formula is C19H20N3O5S-. The Hall–Kier alpha value is -3.04. The first kappa shape index (κ1) is 21.3. The van der Waals surface area contributed by atoms with Crippen LogP contribution in [-0.4, -0.2) is 43.9 Å². The highest BCUT2D eigenvalue weighted by Gasteiger charge is 2.22. The SMILES string of the molecule is CCN(CC)S(=O)(=O)c1cccc(C(=O)N/N=C\c2ccccc2C(=O)[O-])c1. The summed E-state index contributed by atoms with van der Waals surface area (Å²) in [7, 11) is -3.69. The quantitative estimate of drug-likeness (QED) is 0.518. The monoisotopic (exact) mass is 402 g/mol. The largest absolute Gasteiger partial charge is 0.545 e. The zero-order valence-corrected chi connectivity index (χ0v) is 16.3. The van der Waals surface area contributed by atoms with Crippen LogP contribution in [0, 0.1) is 0 Å². The third-order valence-corrected chi connectivity index (χ3v) is 6.04. The molecule has 8 nitrogen and oxygen atoms in total. The van der Waals surface area contributed by atoms with Gasteiger partial charge >= 0.3 is 0 Å². The van der Waals surface area contributed by atoms with Crippen molar-refractivity contribution < 1.29 is 23.1 Å². The van der Waals surface area contributed by atoms with E-state index in [1.54, 1.807) is 26.0 Å². The summed E-state index contributed by atoms with van der Waals surface area (Å²) in [6.07, 6.45) is 1.18. The summed E-state index contributed by atoms with van der Waals surface area (Å²) in [4.78, 5) is 23.3. The molecular weight excluding hydrogens is 382 g/mol. The summed E-state index contributed by atoms with van der Waals surface area (Å²) >= 11 is 0. The maximum absolute atomic E-state index is 12.6. The van der Waals surface area contributed by atoms with Crippen molar-refractivity contribution in [1.29, 1.82) is 0 Å². The Balaban J connectivity index is 2.19. The average molecular weight is 402 g/mol. The van der Waals surface area contributed by atoms with E-state index in [1.165, 1.54) is 46.9 Å². The summed E-state index contributed by atoms with van der Waals surface area (Å²) in [5.74, 6) is -1.98. The predicted octanol–water partition coefficient (Wildman–Crippen LogP) is 0.845. The third-order valence-electron chi connectivity index (χ3n) is 3.99. The number of sulfonamides is 1. The molecule has 0 atom stereocenters. The van der Waals surface area contributed by atoms with Gasteiger partial charge in [0.2, 0.25) is 10.0 Å². The van der Waals surface area contributed by atoms with Crippen molar-refractivity contribution in [3.05, 3.63) is 65.2 Å². The van der Waals surface area contributed by atoms with Crippen LogP contribution in [0.25, 0.3) is 0 Å². The number of aromatic carboxylic acids is 1. The van der Waals surface area contributed by atoms with Crippen LogP contribution in [0.15, 0.2) is 58.5 Å². The average Bonchev–Trinajstić information content (AvgIpc) is 2.69. The number of hydrogen-bond acceptors (Lipinski definition) is 6. The molecule has 0 aromatic heterocycles. The molecule has 2 aromatic rings. The molecule has 1 N–H and O–H groups in total. The molecule has 0 fully saturated rings. The Bertz CT molecular complexity index is 998. The fourth-order valence-electron chi connectivity index (χ4n) is 2.53. The van der Waals surface area contributed by atoms with Crippen molar-refractivity contribution in [3.63, 3.8) is 0 Å². The molecule has 0 aliphatic heterocycles. The van der Waals surface area contributed by atoms with Crippen LogP contribution in [-0.2, 0) is 10.0 Å². The van der Waals surface area contributed by atoms with Gasteiger partial charge in [0.1, 0.15) is 0 Å². The molecule has 2 aromatic carbocycles.